The zero-order valence-electron chi connectivity index (χ0n) is 26.9. The number of hydrogen-bond donors (Lipinski definition) is 2. The average Bonchev–Trinajstić information content (AvgIpc) is 3.75. The molecular weight excluding hydrogens is 653 g/mol. The number of terminal acetylenes is 1. The van der Waals surface area contributed by atoms with E-state index in [0.29, 0.717) is 42.7 Å². The molecular formula is C38H32F5N5O2. The number of hydrogen-bond acceptors (Lipinski definition) is 7. The summed E-state index contributed by atoms with van der Waals surface area (Å²) in [5.41, 5.74) is -1.28. The number of benzene rings is 3. The number of aromatic nitrogens is 2. The first-order valence-corrected chi connectivity index (χ1v) is 16.8. The molecule has 1 aromatic heterocycles. The Kier molecular flexibility index (Phi) is 6.96. The molecule has 3 aromatic carbocycles. The van der Waals surface area contributed by atoms with Crippen molar-refractivity contribution in [2.45, 2.75) is 62.2 Å². The van der Waals surface area contributed by atoms with Crippen molar-refractivity contribution in [3.8, 4) is 35.2 Å². The fraction of sp³-hybridized carbons (Fsp3) is 0.368. The van der Waals surface area contributed by atoms with Crippen LogP contribution in [0.15, 0.2) is 42.5 Å². The number of phenolic OH excluding ortho intramolecular Hbond substituents is 1. The summed E-state index contributed by atoms with van der Waals surface area (Å²) in [6, 6.07) is 4.91. The van der Waals surface area contributed by atoms with Crippen LogP contribution in [0, 0.1) is 29.8 Å². The number of rotatable bonds is 4. The molecule has 4 saturated heterocycles. The van der Waals surface area contributed by atoms with Crippen molar-refractivity contribution in [3.05, 3.63) is 71.1 Å². The molecule has 5 aliphatic heterocycles. The number of ether oxygens (including phenoxy) is 1. The molecule has 7 nitrogen and oxygen atoms in total. The van der Waals surface area contributed by atoms with Crippen LogP contribution < -0.4 is 15.0 Å². The van der Waals surface area contributed by atoms with Gasteiger partial charge in [0.05, 0.1) is 22.1 Å². The highest BCUT2D eigenvalue weighted by molar-refractivity contribution is 6.08. The van der Waals surface area contributed by atoms with Crippen LogP contribution in [0.4, 0.5) is 27.8 Å². The van der Waals surface area contributed by atoms with E-state index in [4.69, 9.17) is 16.1 Å². The van der Waals surface area contributed by atoms with E-state index in [9.17, 15) is 13.9 Å². The van der Waals surface area contributed by atoms with E-state index in [0.717, 1.165) is 31.4 Å². The first-order chi connectivity index (χ1) is 24.1. The van der Waals surface area contributed by atoms with E-state index in [1.807, 2.05) is 4.90 Å². The van der Waals surface area contributed by atoms with Crippen molar-refractivity contribution in [2.24, 2.45) is 0 Å². The zero-order chi connectivity index (χ0) is 34.6. The lowest BCUT2D eigenvalue weighted by Gasteiger charge is -2.41. The molecule has 0 saturated carbocycles. The maximum atomic E-state index is 17.3. The Morgan fingerprint density at radius 2 is 1.96 bits per heavy atom. The van der Waals surface area contributed by atoms with E-state index in [-0.39, 0.29) is 88.0 Å². The van der Waals surface area contributed by atoms with Gasteiger partial charge in [-0.15, -0.1) is 6.42 Å². The molecule has 5 aliphatic rings. The van der Waals surface area contributed by atoms with Crippen molar-refractivity contribution in [1.29, 1.82) is 0 Å². The van der Waals surface area contributed by atoms with Gasteiger partial charge < -0.3 is 20.1 Å². The van der Waals surface area contributed by atoms with Crippen LogP contribution in [0.5, 0.6) is 11.8 Å². The van der Waals surface area contributed by atoms with Crippen molar-refractivity contribution in [1.82, 2.24) is 20.2 Å². The summed E-state index contributed by atoms with van der Waals surface area (Å²) in [7, 11) is 0. The number of aromatic hydroxyl groups is 1. The number of fused-ring (bicyclic) bond motifs is 7. The van der Waals surface area contributed by atoms with Crippen molar-refractivity contribution < 1.29 is 31.8 Å². The van der Waals surface area contributed by atoms with Gasteiger partial charge in [0.25, 0.3) is 6.08 Å². The second-order valence-corrected chi connectivity index (χ2v) is 14.2. The van der Waals surface area contributed by atoms with E-state index in [1.54, 1.807) is 0 Å². The third-order valence-electron chi connectivity index (χ3n) is 11.5. The fourth-order valence-electron chi connectivity index (χ4n) is 9.27. The molecule has 4 aromatic rings. The Morgan fingerprint density at radius 3 is 2.76 bits per heavy atom. The number of anilines is 1. The lowest BCUT2D eigenvalue weighted by Crippen LogP contribution is -2.58. The van der Waals surface area contributed by atoms with Crippen LogP contribution in [-0.2, 0) is 0 Å². The molecule has 9 rings (SSSR count). The molecule has 0 unspecified atom stereocenters. The minimum absolute atomic E-state index is 0.00218. The molecule has 0 radical (unpaired) electrons. The summed E-state index contributed by atoms with van der Waals surface area (Å²) in [5.74, 6) is -0.450. The second-order valence-electron chi connectivity index (χ2n) is 14.2. The molecule has 6 heterocycles. The highest BCUT2D eigenvalue weighted by Crippen LogP contribution is 2.49. The number of phenols is 1. The summed E-state index contributed by atoms with van der Waals surface area (Å²) in [6.45, 7) is 5.62. The Balaban J connectivity index is 1.28. The normalized spacial score (nSPS) is 25.6. The maximum absolute atomic E-state index is 17.3. The number of nitrogens with zero attached hydrogens (tertiary/aromatic N) is 4. The van der Waals surface area contributed by atoms with E-state index in [2.05, 4.69) is 27.7 Å². The summed E-state index contributed by atoms with van der Waals surface area (Å²) < 4.78 is 83.2. The third-order valence-corrected chi connectivity index (χ3v) is 11.5. The Labute approximate surface area is 284 Å². The van der Waals surface area contributed by atoms with E-state index >= 15 is 13.2 Å². The minimum atomic E-state index is -1.68. The maximum Gasteiger partial charge on any atom is 0.319 e. The highest BCUT2D eigenvalue weighted by Gasteiger charge is 2.49. The molecule has 50 heavy (non-hydrogen) atoms. The van der Waals surface area contributed by atoms with Crippen LogP contribution in [0.1, 0.15) is 49.7 Å². The van der Waals surface area contributed by atoms with Gasteiger partial charge in [0, 0.05) is 53.3 Å². The van der Waals surface area contributed by atoms with Crippen molar-refractivity contribution in [2.75, 3.05) is 31.1 Å². The van der Waals surface area contributed by atoms with Gasteiger partial charge in [-0.2, -0.15) is 18.7 Å². The topological polar surface area (TPSA) is 73.8 Å². The lowest BCUT2D eigenvalue weighted by molar-refractivity contribution is 0.108. The summed E-state index contributed by atoms with van der Waals surface area (Å²) in [6.07, 6.45) is 7.81. The van der Waals surface area contributed by atoms with Gasteiger partial charge in [-0.25, -0.2) is 13.2 Å². The van der Waals surface area contributed by atoms with Gasteiger partial charge in [0.1, 0.15) is 35.3 Å². The van der Waals surface area contributed by atoms with Gasteiger partial charge in [-0.1, -0.05) is 18.6 Å². The van der Waals surface area contributed by atoms with Crippen molar-refractivity contribution >= 4 is 33.1 Å². The first kappa shape index (κ1) is 31.3. The zero-order valence-corrected chi connectivity index (χ0v) is 26.9. The predicted molar refractivity (Wildman–Crippen MR) is 180 cm³/mol. The smallest absolute Gasteiger partial charge is 0.319 e. The van der Waals surface area contributed by atoms with Crippen LogP contribution in [-0.4, -0.2) is 69.9 Å². The minimum Gasteiger partial charge on any atom is -0.508 e. The van der Waals surface area contributed by atoms with Crippen molar-refractivity contribution in [3.63, 3.8) is 0 Å². The summed E-state index contributed by atoms with van der Waals surface area (Å²) in [4.78, 5) is 13.4. The van der Waals surface area contributed by atoms with Gasteiger partial charge in [0.2, 0.25) is 0 Å². The number of halogens is 5. The molecule has 0 amide bonds. The van der Waals surface area contributed by atoms with E-state index in [1.165, 1.54) is 12.1 Å². The van der Waals surface area contributed by atoms with Crippen LogP contribution in [0.3, 0.4) is 0 Å². The van der Waals surface area contributed by atoms with Gasteiger partial charge in [-0.3, -0.25) is 4.90 Å². The number of piperazine rings is 1. The lowest BCUT2D eigenvalue weighted by atomic mass is 9.88. The highest BCUT2D eigenvalue weighted by atomic mass is 19.3. The predicted octanol–water partition coefficient (Wildman–Crippen LogP) is 7.05. The molecule has 4 fully saturated rings. The molecule has 0 spiro atoms. The SMILES string of the molecule is C#Cc1c(F)ccc2cc(O)cc(-c3c(F)c4c5c(nc(OC[C@@]67CCCN6CC(=C(F)F)C7)nc5c3F)N3C[C@H]5CC[C@H](N5)[C@H]3CC4=C)c12. The molecule has 2 bridgehead atoms. The Hall–Kier alpha value is -4.73. The third kappa shape index (κ3) is 4.49. The molecule has 2 N–H and O–H groups in total. The first-order valence-electron chi connectivity index (χ1n) is 16.8. The molecule has 4 atom stereocenters. The molecule has 256 valence electrons. The van der Waals surface area contributed by atoms with Crippen LogP contribution in [0.25, 0.3) is 38.4 Å². The summed E-state index contributed by atoms with van der Waals surface area (Å²) >= 11 is 0. The van der Waals surface area contributed by atoms with Crippen LogP contribution >= 0.6 is 0 Å². The quantitative estimate of drug-likeness (QED) is 0.176. The van der Waals surface area contributed by atoms with Gasteiger partial charge in [-0.05, 0) is 74.2 Å². The molecule has 0 aliphatic carbocycles. The number of nitrogens with one attached hydrogen (secondary N) is 1. The Morgan fingerprint density at radius 1 is 1.12 bits per heavy atom. The van der Waals surface area contributed by atoms with Gasteiger partial charge in [0.15, 0.2) is 5.82 Å². The van der Waals surface area contributed by atoms with Crippen LogP contribution in [0.2, 0.25) is 0 Å². The average molecular weight is 686 g/mol. The largest absolute Gasteiger partial charge is 0.508 e. The Bertz CT molecular complexity index is 2250. The van der Waals surface area contributed by atoms with E-state index < -0.39 is 34.6 Å². The van der Waals surface area contributed by atoms with Gasteiger partial charge >= 0.3 is 6.01 Å². The summed E-state index contributed by atoms with van der Waals surface area (Å²) in [5, 5.41) is 14.8. The molecule has 12 heteroatoms. The standard InChI is InChI=1S/C38H32F5N5O2/c1-3-23-25(39)7-5-19-12-22(49)13-24(29(19)23)30-32(40)28-18(2)11-27-26-8-6-21(44-26)16-48(27)36-31(28)34(33(30)41)45-37(46-36)50-17-38-9-4-10-47(38)15-20(14-38)35(42)43/h1,5,7,12-13,21,26-27,44,49H,2,4,6,8-11,14-17H2/t21-,26+,27-,38+/m1/s1. The fourth-order valence-corrected chi connectivity index (χ4v) is 9.27. The second kappa shape index (κ2) is 11.1. The monoisotopic (exact) mass is 685 g/mol.